The summed E-state index contributed by atoms with van der Waals surface area (Å²) in [5.41, 5.74) is 0.456. The largest absolute Gasteiger partial charge is 0.327 e. The van der Waals surface area contributed by atoms with Crippen LogP contribution in [0.2, 0.25) is 0 Å². The van der Waals surface area contributed by atoms with E-state index in [2.05, 4.69) is 37.7 Å². The van der Waals surface area contributed by atoms with Gasteiger partial charge in [0.1, 0.15) is 4.95 Å². The molecular weight excluding hydrogens is 406 g/mol. The number of benzene rings is 1. The fourth-order valence-electron chi connectivity index (χ4n) is 2.51. The van der Waals surface area contributed by atoms with Crippen LogP contribution in [0.1, 0.15) is 17.6 Å². The van der Waals surface area contributed by atoms with E-state index in [1.54, 1.807) is 23.4 Å². The van der Waals surface area contributed by atoms with Gasteiger partial charge < -0.3 is 9.80 Å². The van der Waals surface area contributed by atoms with Gasteiger partial charge in [-0.2, -0.15) is 0 Å². The van der Waals surface area contributed by atoms with E-state index in [1.807, 2.05) is 4.90 Å². The van der Waals surface area contributed by atoms with Gasteiger partial charge in [-0.3, -0.25) is 4.79 Å². The summed E-state index contributed by atoms with van der Waals surface area (Å²) in [5.74, 6) is 5.60. The number of alkyl halides is 3. The van der Waals surface area contributed by atoms with Crippen LogP contribution in [0.4, 0.5) is 14.7 Å². The monoisotopic (exact) mass is 420 g/mol. The Kier molecular flexibility index (Phi) is 5.78. The Hall–Kier alpha value is -2.53. The molecule has 0 spiro atoms. The summed E-state index contributed by atoms with van der Waals surface area (Å²) in [6.07, 6.45) is 0.828. The highest BCUT2D eigenvalue weighted by Crippen LogP contribution is 2.20. The van der Waals surface area contributed by atoms with Crippen LogP contribution >= 0.6 is 15.9 Å². The van der Waals surface area contributed by atoms with E-state index in [0.717, 1.165) is 0 Å². The lowest BCUT2D eigenvalue weighted by Gasteiger charge is -2.37. The summed E-state index contributed by atoms with van der Waals surface area (Å²) in [6.45, 7) is 1.52. The van der Waals surface area contributed by atoms with Crippen molar-refractivity contribution in [2.24, 2.45) is 0 Å². The number of nitrogens with zero attached hydrogens (tertiary/aromatic N) is 4. The number of piperazine rings is 1. The number of hydrogen-bond donors (Lipinski definition) is 0. The second kappa shape index (κ2) is 8.23. The minimum absolute atomic E-state index is 0.0664. The molecular formula is C18H15BrF2N4O. The first-order valence-electron chi connectivity index (χ1n) is 7.91. The van der Waals surface area contributed by atoms with Crippen LogP contribution in [0, 0.1) is 11.8 Å². The maximum absolute atomic E-state index is 12.5. The molecule has 1 unspecified atom stereocenters. The zero-order valence-electron chi connectivity index (χ0n) is 13.6. The molecule has 5 nitrogen and oxygen atoms in total. The third-order valence-corrected chi connectivity index (χ3v) is 4.68. The summed E-state index contributed by atoms with van der Waals surface area (Å²) in [4.78, 5) is 24.2. The van der Waals surface area contributed by atoms with Crippen molar-refractivity contribution in [3.63, 3.8) is 0 Å². The first kappa shape index (κ1) is 18.3. The van der Waals surface area contributed by atoms with Gasteiger partial charge in [0.05, 0.1) is 6.54 Å². The lowest BCUT2D eigenvalue weighted by Crippen LogP contribution is -2.52. The number of hydrogen-bond acceptors (Lipinski definition) is 4. The van der Waals surface area contributed by atoms with Crippen LogP contribution in [0.15, 0.2) is 42.7 Å². The van der Waals surface area contributed by atoms with Gasteiger partial charge in [0, 0.05) is 42.5 Å². The lowest BCUT2D eigenvalue weighted by molar-refractivity contribution is -0.125. The first-order valence-corrected chi connectivity index (χ1v) is 8.83. The van der Waals surface area contributed by atoms with Crippen molar-refractivity contribution < 1.29 is 13.6 Å². The van der Waals surface area contributed by atoms with Gasteiger partial charge in [-0.25, -0.2) is 18.7 Å². The molecule has 1 saturated heterocycles. The average Bonchev–Trinajstić information content (AvgIpc) is 2.67. The minimum Gasteiger partial charge on any atom is -0.327 e. The molecule has 1 atom stereocenters. The number of amides is 1. The Morgan fingerprint density at radius 3 is 2.50 bits per heavy atom. The van der Waals surface area contributed by atoms with Gasteiger partial charge in [0.2, 0.25) is 5.95 Å². The van der Waals surface area contributed by atoms with Crippen LogP contribution < -0.4 is 4.90 Å². The zero-order chi connectivity index (χ0) is 18.5. The lowest BCUT2D eigenvalue weighted by atomic mass is 10.1. The second-order valence-corrected chi connectivity index (χ2v) is 6.66. The Bertz CT molecular complexity index is 821. The van der Waals surface area contributed by atoms with E-state index in [1.165, 1.54) is 24.3 Å². The fourth-order valence-corrected chi connectivity index (χ4v) is 3.24. The molecule has 134 valence electrons. The van der Waals surface area contributed by atoms with Crippen LogP contribution in [-0.2, 0) is 4.79 Å². The predicted octanol–water partition coefficient (Wildman–Crippen LogP) is 2.84. The Morgan fingerprint density at radius 1 is 1.19 bits per heavy atom. The highest BCUT2D eigenvalue weighted by atomic mass is 79.9. The van der Waals surface area contributed by atoms with Crippen LogP contribution in [0.5, 0.6) is 0 Å². The molecule has 0 aliphatic carbocycles. The normalized spacial score (nSPS) is 17.0. The Balaban J connectivity index is 1.62. The van der Waals surface area contributed by atoms with Crippen molar-refractivity contribution in [2.75, 3.05) is 24.5 Å². The van der Waals surface area contributed by atoms with Crippen LogP contribution in [-0.4, -0.2) is 45.4 Å². The van der Waals surface area contributed by atoms with Gasteiger partial charge in [0.15, 0.2) is 0 Å². The van der Waals surface area contributed by atoms with Gasteiger partial charge in [-0.05, 0) is 18.2 Å². The van der Waals surface area contributed by atoms with Crippen molar-refractivity contribution in [2.45, 2.75) is 11.4 Å². The topological polar surface area (TPSA) is 49.3 Å². The predicted molar refractivity (Wildman–Crippen MR) is 97.0 cm³/mol. The van der Waals surface area contributed by atoms with Gasteiger partial charge in [0.25, 0.3) is 12.3 Å². The summed E-state index contributed by atoms with van der Waals surface area (Å²) in [7, 11) is 0. The van der Waals surface area contributed by atoms with Crippen molar-refractivity contribution in [3.05, 3.63) is 53.9 Å². The van der Waals surface area contributed by atoms with E-state index in [9.17, 15) is 13.6 Å². The summed E-state index contributed by atoms with van der Waals surface area (Å²) < 4.78 is 25.1. The van der Waals surface area contributed by atoms with Crippen LogP contribution in [0.25, 0.3) is 0 Å². The molecule has 8 heteroatoms. The molecule has 0 N–H and O–H groups in total. The molecule has 1 amide bonds. The summed E-state index contributed by atoms with van der Waals surface area (Å²) >= 11 is 3.55. The van der Waals surface area contributed by atoms with Crippen molar-refractivity contribution in [1.29, 1.82) is 0 Å². The van der Waals surface area contributed by atoms with Gasteiger partial charge in [-0.1, -0.05) is 34.0 Å². The molecule has 1 aliphatic heterocycles. The van der Waals surface area contributed by atoms with Crippen molar-refractivity contribution in [1.82, 2.24) is 14.9 Å². The van der Waals surface area contributed by atoms with E-state index in [-0.39, 0.29) is 16.4 Å². The van der Waals surface area contributed by atoms with Crippen LogP contribution in [0.3, 0.4) is 0 Å². The molecule has 26 heavy (non-hydrogen) atoms. The number of carbonyl (C=O) groups excluding carboxylic acids is 1. The highest BCUT2D eigenvalue weighted by molar-refractivity contribution is 9.09. The first-order chi connectivity index (χ1) is 12.5. The number of aromatic nitrogens is 2. The second-order valence-electron chi connectivity index (χ2n) is 5.60. The van der Waals surface area contributed by atoms with Gasteiger partial charge >= 0.3 is 0 Å². The maximum Gasteiger partial charge on any atom is 0.298 e. The molecule has 0 radical (unpaired) electrons. The molecule has 0 saturated carbocycles. The maximum atomic E-state index is 12.5. The van der Waals surface area contributed by atoms with Crippen molar-refractivity contribution in [3.8, 4) is 11.8 Å². The van der Waals surface area contributed by atoms with E-state index in [4.69, 9.17) is 0 Å². The third kappa shape index (κ3) is 4.35. The quantitative estimate of drug-likeness (QED) is 0.425. The zero-order valence-corrected chi connectivity index (χ0v) is 15.2. The highest BCUT2D eigenvalue weighted by Gasteiger charge is 2.28. The van der Waals surface area contributed by atoms with E-state index < -0.39 is 6.43 Å². The SMILES string of the molecule is O=C(C#Cc1ccc(C(F)F)cc1)N1CCN(c2ncccn2)C(Br)C1. The molecule has 3 rings (SSSR count). The smallest absolute Gasteiger partial charge is 0.298 e. The van der Waals surface area contributed by atoms with E-state index in [0.29, 0.717) is 31.1 Å². The summed E-state index contributed by atoms with van der Waals surface area (Å²) in [5, 5.41) is 0. The fraction of sp³-hybridized carbons (Fsp3) is 0.278. The molecule has 0 bridgehead atoms. The Labute approximate surface area is 158 Å². The number of carbonyl (C=O) groups is 1. The molecule has 2 heterocycles. The standard InChI is InChI=1S/C18H15BrF2N4O/c19-15-12-24(10-11-25(15)18-22-8-1-9-23-18)16(26)7-4-13-2-5-14(6-3-13)17(20)21/h1-3,5-6,8-9,15,17H,10-12H2. The Morgan fingerprint density at radius 2 is 1.88 bits per heavy atom. The minimum atomic E-state index is -2.51. The summed E-state index contributed by atoms with van der Waals surface area (Å²) in [6, 6.07) is 7.34. The van der Waals surface area contributed by atoms with E-state index >= 15 is 0 Å². The number of halogens is 3. The van der Waals surface area contributed by atoms with Gasteiger partial charge in [-0.15, -0.1) is 0 Å². The average molecular weight is 421 g/mol. The molecule has 1 aliphatic rings. The molecule has 1 aromatic carbocycles. The third-order valence-electron chi connectivity index (χ3n) is 3.89. The number of rotatable bonds is 2. The molecule has 1 aromatic heterocycles. The number of anilines is 1. The molecule has 1 fully saturated rings. The molecule has 2 aromatic rings. The van der Waals surface area contributed by atoms with Crippen molar-refractivity contribution >= 4 is 27.8 Å².